The molecule has 7 nitrogen and oxygen atoms in total. The maximum Gasteiger partial charge on any atom is 0.310 e. The Morgan fingerprint density at radius 2 is 1.93 bits per heavy atom. The third-order valence-electron chi connectivity index (χ3n) is 8.52. The van der Waals surface area contributed by atoms with Crippen molar-refractivity contribution >= 4 is 61.9 Å². The van der Waals surface area contributed by atoms with Gasteiger partial charge in [-0.05, 0) is 55.0 Å². The smallest absolute Gasteiger partial charge is 0.310 e. The number of esters is 1. The number of likely N-dealkylation sites (tertiary alicyclic amines) is 1. The Hall–Kier alpha value is -2.62. The van der Waals surface area contributed by atoms with Gasteiger partial charge in [0.1, 0.15) is 6.04 Å². The molecule has 3 aliphatic heterocycles. The van der Waals surface area contributed by atoms with Crippen LogP contribution in [-0.2, 0) is 19.1 Å². The third-order valence-corrected chi connectivity index (χ3v) is 11.7. The van der Waals surface area contributed by atoms with Crippen LogP contribution < -0.4 is 4.90 Å². The summed E-state index contributed by atoms with van der Waals surface area (Å²) in [6.45, 7) is 8.35. The number of hydrogen-bond acceptors (Lipinski definition) is 6. The van der Waals surface area contributed by atoms with Crippen LogP contribution in [0.25, 0.3) is 10.8 Å². The van der Waals surface area contributed by atoms with Gasteiger partial charge in [0.15, 0.2) is 0 Å². The normalized spacial score (nSPS) is 28.1. The van der Waals surface area contributed by atoms with E-state index in [9.17, 15) is 19.5 Å². The molecule has 3 unspecified atom stereocenters. The number of thioether (sulfide) groups is 1. The zero-order chi connectivity index (χ0) is 29.1. The van der Waals surface area contributed by atoms with Crippen LogP contribution in [-0.4, -0.2) is 75.0 Å². The second kappa shape index (κ2) is 12.7. The number of allylic oxidation sites excluding steroid dienone is 1. The van der Waals surface area contributed by atoms with Gasteiger partial charge >= 0.3 is 5.97 Å². The molecule has 3 saturated heterocycles. The van der Waals surface area contributed by atoms with Crippen molar-refractivity contribution in [2.24, 2.45) is 11.8 Å². The molecule has 9 heteroatoms. The molecule has 0 saturated carbocycles. The highest BCUT2D eigenvalue weighted by Crippen LogP contribution is 2.68. The maximum absolute atomic E-state index is 14.6. The molecule has 2 bridgehead atoms. The van der Waals surface area contributed by atoms with Crippen molar-refractivity contribution in [3.05, 3.63) is 67.8 Å². The predicted molar refractivity (Wildman–Crippen MR) is 167 cm³/mol. The summed E-state index contributed by atoms with van der Waals surface area (Å²) in [4.78, 5) is 45.5. The lowest BCUT2D eigenvalue weighted by Gasteiger charge is -2.37. The van der Waals surface area contributed by atoms with Crippen molar-refractivity contribution in [2.45, 2.75) is 53.0 Å². The average molecular weight is 642 g/mol. The Morgan fingerprint density at radius 3 is 2.66 bits per heavy atom. The number of amides is 2. The number of carbonyl (C=O) groups is 3. The maximum atomic E-state index is 14.6. The Labute approximate surface area is 254 Å². The van der Waals surface area contributed by atoms with Crippen LogP contribution in [0.4, 0.5) is 5.69 Å². The van der Waals surface area contributed by atoms with E-state index < -0.39 is 22.6 Å². The molecule has 1 spiro atoms. The molecule has 1 N–H and O–H groups in total. The molecule has 2 aromatic carbocycles. The van der Waals surface area contributed by atoms with Crippen molar-refractivity contribution in [3.8, 4) is 0 Å². The monoisotopic (exact) mass is 640 g/mol. The lowest BCUT2D eigenvalue weighted by Crippen LogP contribution is -2.55. The van der Waals surface area contributed by atoms with Gasteiger partial charge in [0.05, 0.1) is 23.2 Å². The van der Waals surface area contributed by atoms with Gasteiger partial charge in [0, 0.05) is 35.5 Å². The molecule has 3 fully saturated rings. The van der Waals surface area contributed by atoms with Crippen molar-refractivity contribution < 1.29 is 24.2 Å². The summed E-state index contributed by atoms with van der Waals surface area (Å²) >= 11 is 5.39. The molecule has 5 rings (SSSR count). The minimum Gasteiger partial charge on any atom is -0.465 e. The van der Waals surface area contributed by atoms with E-state index in [1.165, 1.54) is 0 Å². The van der Waals surface area contributed by atoms with Crippen LogP contribution in [0.1, 0.15) is 32.1 Å². The molecule has 0 radical (unpaired) electrons. The molecule has 0 aliphatic carbocycles. The van der Waals surface area contributed by atoms with Gasteiger partial charge in [0.25, 0.3) is 5.91 Å². The SMILES string of the molecule is C=CCCCCOC(=O)[C@H]1[C@@H]2SC3(CC2Br)C(C(=O)N(CC=C)c2ccc4ccccc4c2)N(CCCO)C(=O)[C@H]13. The average Bonchev–Trinajstić information content (AvgIpc) is 3.57. The number of nitrogens with zero attached hydrogens (tertiary/aromatic N) is 2. The van der Waals surface area contributed by atoms with E-state index in [0.717, 1.165) is 35.7 Å². The van der Waals surface area contributed by atoms with Gasteiger partial charge in [0.2, 0.25) is 5.91 Å². The number of fused-ring (bicyclic) bond motifs is 2. The fraction of sp³-hybridized carbons (Fsp3) is 0.469. The highest BCUT2D eigenvalue weighted by atomic mass is 79.9. The summed E-state index contributed by atoms with van der Waals surface area (Å²) in [5.74, 6) is -2.04. The summed E-state index contributed by atoms with van der Waals surface area (Å²) in [5, 5.41) is 11.6. The summed E-state index contributed by atoms with van der Waals surface area (Å²) in [6.07, 6.45) is 6.94. The van der Waals surface area contributed by atoms with Crippen molar-refractivity contribution in [1.82, 2.24) is 4.90 Å². The van der Waals surface area contributed by atoms with E-state index in [4.69, 9.17) is 4.74 Å². The van der Waals surface area contributed by atoms with Gasteiger partial charge in [-0.15, -0.1) is 24.9 Å². The van der Waals surface area contributed by atoms with E-state index in [1.807, 2.05) is 48.5 Å². The molecule has 3 heterocycles. The molecule has 6 atom stereocenters. The highest BCUT2D eigenvalue weighted by Gasteiger charge is 2.76. The second-order valence-electron chi connectivity index (χ2n) is 11.0. The quantitative estimate of drug-likeness (QED) is 0.142. The minimum atomic E-state index is -0.779. The summed E-state index contributed by atoms with van der Waals surface area (Å²) in [5.41, 5.74) is 0.728. The number of unbranched alkanes of at least 4 members (excludes halogenated alkanes) is 2. The van der Waals surface area contributed by atoms with Gasteiger partial charge in [-0.1, -0.05) is 58.4 Å². The minimum absolute atomic E-state index is 0.0310. The Kier molecular flexibility index (Phi) is 9.26. The lowest BCUT2D eigenvalue weighted by atomic mass is 9.71. The first-order valence-corrected chi connectivity index (χ1v) is 16.1. The largest absolute Gasteiger partial charge is 0.465 e. The van der Waals surface area contributed by atoms with Gasteiger partial charge < -0.3 is 19.6 Å². The predicted octanol–water partition coefficient (Wildman–Crippen LogP) is 5.11. The zero-order valence-corrected chi connectivity index (χ0v) is 25.5. The van der Waals surface area contributed by atoms with Gasteiger partial charge in [-0.2, -0.15) is 0 Å². The number of benzene rings is 2. The molecule has 218 valence electrons. The van der Waals surface area contributed by atoms with Gasteiger partial charge in [-0.3, -0.25) is 14.4 Å². The Morgan fingerprint density at radius 1 is 1.15 bits per heavy atom. The molecule has 2 amide bonds. The molecule has 3 aliphatic rings. The van der Waals surface area contributed by atoms with Gasteiger partial charge in [-0.25, -0.2) is 0 Å². The number of halogens is 1. The number of aliphatic hydroxyl groups excluding tert-OH is 1. The number of alkyl halides is 1. The van der Waals surface area contributed by atoms with E-state index >= 15 is 0 Å². The van der Waals surface area contributed by atoms with Crippen LogP contribution in [0.3, 0.4) is 0 Å². The molecular weight excluding hydrogens is 604 g/mol. The fourth-order valence-corrected chi connectivity index (χ4v) is 10.4. The second-order valence-corrected chi connectivity index (χ2v) is 13.7. The van der Waals surface area contributed by atoms with Crippen LogP contribution in [0, 0.1) is 11.8 Å². The Balaban J connectivity index is 1.49. The zero-order valence-electron chi connectivity index (χ0n) is 23.1. The summed E-state index contributed by atoms with van der Waals surface area (Å²) in [7, 11) is 0. The molecule has 41 heavy (non-hydrogen) atoms. The number of ether oxygens (including phenoxy) is 1. The number of carbonyl (C=O) groups excluding carboxylic acids is 3. The van der Waals surface area contributed by atoms with E-state index in [1.54, 1.807) is 27.6 Å². The van der Waals surface area contributed by atoms with Crippen LogP contribution >= 0.6 is 27.7 Å². The van der Waals surface area contributed by atoms with E-state index in [0.29, 0.717) is 19.4 Å². The lowest BCUT2D eigenvalue weighted by molar-refractivity contribution is -0.154. The molecule has 2 aromatic rings. The first-order chi connectivity index (χ1) is 19.9. The third kappa shape index (κ3) is 5.37. The fourth-order valence-electron chi connectivity index (χ4n) is 6.76. The number of anilines is 1. The topological polar surface area (TPSA) is 87.2 Å². The van der Waals surface area contributed by atoms with Crippen LogP contribution in [0.5, 0.6) is 0 Å². The Bertz CT molecular complexity index is 1340. The van der Waals surface area contributed by atoms with Crippen LogP contribution in [0.2, 0.25) is 0 Å². The number of hydrogen-bond donors (Lipinski definition) is 1. The number of aliphatic hydroxyl groups is 1. The van der Waals surface area contributed by atoms with Crippen molar-refractivity contribution in [3.63, 3.8) is 0 Å². The highest BCUT2D eigenvalue weighted by molar-refractivity contribution is 9.09. The van der Waals surface area contributed by atoms with Crippen molar-refractivity contribution in [2.75, 3.05) is 31.2 Å². The first kappa shape index (κ1) is 29.9. The first-order valence-electron chi connectivity index (χ1n) is 14.3. The van der Waals surface area contributed by atoms with E-state index in [-0.39, 0.29) is 47.6 Å². The summed E-state index contributed by atoms with van der Waals surface area (Å²) < 4.78 is 4.94. The summed E-state index contributed by atoms with van der Waals surface area (Å²) in [6, 6.07) is 13.1. The van der Waals surface area contributed by atoms with Crippen molar-refractivity contribution in [1.29, 1.82) is 0 Å². The molecule has 0 aromatic heterocycles. The number of rotatable bonds is 13. The standard InChI is InChI=1S/C32H37BrN2O5S/c1-3-5-6-9-18-40-31(39)25-26-29(37)35(16-10-17-36)28(32(26)20-24(33)27(25)41-32)30(38)34(15-4-2)23-14-13-21-11-7-8-12-22(21)19-23/h3-4,7-8,11-14,19,24-28,36H,1-2,5-6,9-10,15-18,20H2/t24?,25-,26+,27-,28?,32?/m1/s1. The van der Waals surface area contributed by atoms with E-state index in [2.05, 4.69) is 29.1 Å². The van der Waals surface area contributed by atoms with Crippen LogP contribution in [0.15, 0.2) is 67.8 Å². The molecular formula is C32H37BrN2O5S.